The Bertz CT molecular complexity index is 411. The summed E-state index contributed by atoms with van der Waals surface area (Å²) in [6, 6.07) is 2.29. The summed E-state index contributed by atoms with van der Waals surface area (Å²) in [6.07, 6.45) is 0. The highest BCUT2D eigenvalue weighted by atomic mass is 32.1. The predicted octanol–water partition coefficient (Wildman–Crippen LogP) is 3.42. The van der Waals surface area contributed by atoms with E-state index < -0.39 is 0 Å². The van der Waals surface area contributed by atoms with E-state index >= 15 is 0 Å². The zero-order chi connectivity index (χ0) is 13.8. The molecule has 0 radical (unpaired) electrons. The molecule has 100 valence electrons. The Kier molecular flexibility index (Phi) is 5.30. The Morgan fingerprint density at radius 3 is 2.61 bits per heavy atom. The van der Waals surface area contributed by atoms with Gasteiger partial charge in [-0.3, -0.25) is 4.90 Å². The van der Waals surface area contributed by atoms with Crippen molar-refractivity contribution in [2.45, 2.75) is 46.6 Å². The Labute approximate surface area is 114 Å². The fraction of sp³-hybridized carbons (Fsp3) is 0.714. The minimum Gasteiger partial charge on any atom is -0.296 e. The zero-order valence-electron chi connectivity index (χ0n) is 12.0. The van der Waals surface area contributed by atoms with Crippen LogP contribution in [0, 0.1) is 17.2 Å². The zero-order valence-corrected chi connectivity index (χ0v) is 12.8. The second kappa shape index (κ2) is 6.31. The van der Waals surface area contributed by atoms with E-state index in [0.29, 0.717) is 0 Å². The summed E-state index contributed by atoms with van der Waals surface area (Å²) in [7, 11) is 0. The highest BCUT2D eigenvalue weighted by Gasteiger charge is 2.18. The number of hydrogen-bond donors (Lipinski definition) is 0. The van der Waals surface area contributed by atoms with Gasteiger partial charge >= 0.3 is 0 Å². The van der Waals surface area contributed by atoms with Crippen LogP contribution in [0.2, 0.25) is 0 Å². The summed E-state index contributed by atoms with van der Waals surface area (Å²) in [5.74, 6) is 0.0759. The van der Waals surface area contributed by atoms with Gasteiger partial charge in [-0.2, -0.15) is 5.26 Å². The largest absolute Gasteiger partial charge is 0.296 e. The number of aromatic nitrogens is 1. The van der Waals surface area contributed by atoms with E-state index in [9.17, 15) is 0 Å². The standard InChI is InChI=1S/C14H23N3S/c1-6-17(8-11(2)7-15)9-13-16-12(10-18-13)14(3,4)5/h10-11H,6,8-9H2,1-5H3. The van der Waals surface area contributed by atoms with Crippen molar-refractivity contribution >= 4 is 11.3 Å². The Morgan fingerprint density at radius 2 is 2.17 bits per heavy atom. The maximum absolute atomic E-state index is 8.87. The van der Waals surface area contributed by atoms with Crippen molar-refractivity contribution in [2.75, 3.05) is 13.1 Å². The third-order valence-corrected chi connectivity index (χ3v) is 3.71. The van der Waals surface area contributed by atoms with E-state index in [4.69, 9.17) is 10.2 Å². The second-order valence-electron chi connectivity index (χ2n) is 5.73. The molecule has 4 heteroatoms. The molecule has 0 saturated heterocycles. The molecular weight excluding hydrogens is 242 g/mol. The fourth-order valence-electron chi connectivity index (χ4n) is 1.65. The number of rotatable bonds is 5. The lowest BCUT2D eigenvalue weighted by molar-refractivity contribution is 0.259. The van der Waals surface area contributed by atoms with Crippen LogP contribution < -0.4 is 0 Å². The van der Waals surface area contributed by atoms with Gasteiger partial charge in [-0.1, -0.05) is 27.7 Å². The van der Waals surface area contributed by atoms with E-state index in [0.717, 1.165) is 30.3 Å². The SMILES string of the molecule is CCN(Cc1nc(C(C)(C)C)cs1)CC(C)C#N. The van der Waals surface area contributed by atoms with Crippen LogP contribution in [-0.4, -0.2) is 23.0 Å². The summed E-state index contributed by atoms with van der Waals surface area (Å²) in [5.41, 5.74) is 1.28. The van der Waals surface area contributed by atoms with Crippen molar-refractivity contribution < 1.29 is 0 Å². The van der Waals surface area contributed by atoms with Crippen LogP contribution in [0.5, 0.6) is 0 Å². The summed E-state index contributed by atoms with van der Waals surface area (Å²) in [6.45, 7) is 13.3. The quantitative estimate of drug-likeness (QED) is 0.819. The van der Waals surface area contributed by atoms with E-state index in [2.05, 4.69) is 44.0 Å². The first-order valence-electron chi connectivity index (χ1n) is 6.43. The first-order chi connectivity index (χ1) is 8.36. The molecule has 0 saturated carbocycles. The third kappa shape index (κ3) is 4.40. The fourth-order valence-corrected chi connectivity index (χ4v) is 2.71. The minimum atomic E-state index is 0.0759. The summed E-state index contributed by atoms with van der Waals surface area (Å²) < 4.78 is 0. The molecule has 0 aliphatic rings. The predicted molar refractivity (Wildman–Crippen MR) is 76.5 cm³/mol. The molecule has 3 nitrogen and oxygen atoms in total. The average molecular weight is 265 g/mol. The lowest BCUT2D eigenvalue weighted by Gasteiger charge is -2.20. The molecule has 1 atom stereocenters. The monoisotopic (exact) mass is 265 g/mol. The molecule has 1 rings (SSSR count). The van der Waals surface area contributed by atoms with Crippen LogP contribution >= 0.6 is 11.3 Å². The summed E-state index contributed by atoms with van der Waals surface area (Å²) in [4.78, 5) is 6.97. The van der Waals surface area contributed by atoms with Gasteiger partial charge in [-0.25, -0.2) is 4.98 Å². The van der Waals surface area contributed by atoms with Crippen LogP contribution in [0.25, 0.3) is 0 Å². The van der Waals surface area contributed by atoms with Gasteiger partial charge in [0.25, 0.3) is 0 Å². The summed E-state index contributed by atoms with van der Waals surface area (Å²) in [5, 5.41) is 12.2. The number of hydrogen-bond acceptors (Lipinski definition) is 4. The van der Waals surface area contributed by atoms with Crippen molar-refractivity contribution in [3.05, 3.63) is 16.1 Å². The lowest BCUT2D eigenvalue weighted by atomic mass is 9.93. The molecule has 1 unspecified atom stereocenters. The Balaban J connectivity index is 2.66. The van der Waals surface area contributed by atoms with E-state index in [1.54, 1.807) is 11.3 Å². The number of thiazole rings is 1. The first-order valence-corrected chi connectivity index (χ1v) is 7.31. The van der Waals surface area contributed by atoms with Gasteiger partial charge in [0, 0.05) is 17.3 Å². The van der Waals surface area contributed by atoms with Gasteiger partial charge in [0.15, 0.2) is 0 Å². The molecule has 0 aliphatic carbocycles. The van der Waals surface area contributed by atoms with Crippen molar-refractivity contribution in [3.63, 3.8) is 0 Å². The molecule has 1 aromatic rings. The second-order valence-corrected chi connectivity index (χ2v) is 6.68. The molecule has 1 heterocycles. The van der Waals surface area contributed by atoms with Gasteiger partial charge in [0.05, 0.1) is 24.2 Å². The average Bonchev–Trinajstić information content (AvgIpc) is 2.76. The molecule has 0 aliphatic heterocycles. The topological polar surface area (TPSA) is 39.9 Å². The van der Waals surface area contributed by atoms with E-state index in [-0.39, 0.29) is 11.3 Å². The normalized spacial score (nSPS) is 13.6. The van der Waals surface area contributed by atoms with Crippen molar-refractivity contribution in [1.29, 1.82) is 5.26 Å². The van der Waals surface area contributed by atoms with Gasteiger partial charge in [0.1, 0.15) is 5.01 Å². The van der Waals surface area contributed by atoms with Gasteiger partial charge in [-0.15, -0.1) is 11.3 Å². The molecule has 1 aromatic heterocycles. The molecule has 0 fully saturated rings. The molecule has 18 heavy (non-hydrogen) atoms. The van der Waals surface area contributed by atoms with Crippen LogP contribution in [0.15, 0.2) is 5.38 Å². The third-order valence-electron chi connectivity index (χ3n) is 2.88. The van der Waals surface area contributed by atoms with Crippen LogP contribution in [0.3, 0.4) is 0 Å². The molecule has 0 amide bonds. The van der Waals surface area contributed by atoms with Crippen LogP contribution in [0.4, 0.5) is 0 Å². The van der Waals surface area contributed by atoms with Gasteiger partial charge in [-0.05, 0) is 13.5 Å². The Hall–Kier alpha value is -0.920. The highest BCUT2D eigenvalue weighted by molar-refractivity contribution is 7.09. The highest BCUT2D eigenvalue weighted by Crippen LogP contribution is 2.24. The maximum atomic E-state index is 8.87. The van der Waals surface area contributed by atoms with Crippen molar-refractivity contribution in [2.24, 2.45) is 5.92 Å². The molecule has 0 aromatic carbocycles. The Morgan fingerprint density at radius 1 is 1.50 bits per heavy atom. The molecule has 0 N–H and O–H groups in total. The van der Waals surface area contributed by atoms with Gasteiger partial charge < -0.3 is 0 Å². The number of nitriles is 1. The van der Waals surface area contributed by atoms with Crippen LogP contribution in [-0.2, 0) is 12.0 Å². The minimum absolute atomic E-state index is 0.0759. The summed E-state index contributed by atoms with van der Waals surface area (Å²) >= 11 is 1.72. The smallest absolute Gasteiger partial charge is 0.107 e. The molecule has 0 spiro atoms. The molecular formula is C14H23N3S. The number of nitrogens with zero attached hydrogens (tertiary/aromatic N) is 3. The van der Waals surface area contributed by atoms with Gasteiger partial charge in [0.2, 0.25) is 0 Å². The van der Waals surface area contributed by atoms with Crippen molar-refractivity contribution in [3.8, 4) is 6.07 Å². The first kappa shape index (κ1) is 15.1. The van der Waals surface area contributed by atoms with E-state index in [1.807, 2.05) is 6.92 Å². The van der Waals surface area contributed by atoms with Crippen molar-refractivity contribution in [1.82, 2.24) is 9.88 Å². The van der Waals surface area contributed by atoms with Crippen LogP contribution in [0.1, 0.15) is 45.3 Å². The lowest BCUT2D eigenvalue weighted by Crippen LogP contribution is -2.27. The molecule has 0 bridgehead atoms. The van der Waals surface area contributed by atoms with E-state index in [1.165, 1.54) is 0 Å². The maximum Gasteiger partial charge on any atom is 0.107 e.